The van der Waals surface area contributed by atoms with Gasteiger partial charge in [0.2, 0.25) is 0 Å². The molecule has 1 aliphatic rings. The number of fused-ring (bicyclic) bond motifs is 1. The minimum atomic E-state index is -0.0950. The highest BCUT2D eigenvalue weighted by Crippen LogP contribution is 2.22. The summed E-state index contributed by atoms with van der Waals surface area (Å²) in [6, 6.07) is 8.42. The van der Waals surface area contributed by atoms with Crippen molar-refractivity contribution >= 4 is 46.8 Å². The zero-order valence-corrected chi connectivity index (χ0v) is 18.6. The molecule has 1 aromatic heterocycles. The van der Waals surface area contributed by atoms with E-state index in [1.54, 1.807) is 0 Å². The molecule has 0 unspecified atom stereocenters. The molecule has 0 bridgehead atoms. The van der Waals surface area contributed by atoms with E-state index in [9.17, 15) is 4.79 Å². The van der Waals surface area contributed by atoms with Gasteiger partial charge < -0.3 is 19.9 Å². The molecule has 0 spiro atoms. The number of aromatic amines is 1. The first-order chi connectivity index (χ1) is 12.6. The predicted octanol–water partition coefficient (Wildman–Crippen LogP) is 3.10. The highest BCUT2D eigenvalue weighted by atomic mass is 127. The SMILES string of the molecule is CN=C(NCCc1c(C)[nH]c2ccccc12)N1CCC(C(=O)OC)CC1.I. The van der Waals surface area contributed by atoms with Crippen LogP contribution in [0.2, 0.25) is 0 Å². The smallest absolute Gasteiger partial charge is 0.308 e. The van der Waals surface area contributed by atoms with Gasteiger partial charge in [0.05, 0.1) is 13.0 Å². The van der Waals surface area contributed by atoms with E-state index in [4.69, 9.17) is 4.74 Å². The summed E-state index contributed by atoms with van der Waals surface area (Å²) < 4.78 is 4.86. The lowest BCUT2D eigenvalue weighted by molar-refractivity contribution is -0.146. The Morgan fingerprint density at radius 3 is 2.70 bits per heavy atom. The molecule has 2 aromatic rings. The highest BCUT2D eigenvalue weighted by molar-refractivity contribution is 14.0. The van der Waals surface area contributed by atoms with Gasteiger partial charge in [-0.15, -0.1) is 24.0 Å². The van der Waals surface area contributed by atoms with Gasteiger partial charge in [-0.05, 0) is 37.8 Å². The number of guanidine groups is 1. The Kier molecular flexibility index (Phi) is 7.94. The van der Waals surface area contributed by atoms with E-state index in [2.05, 4.69) is 51.4 Å². The minimum absolute atomic E-state index is 0. The molecule has 1 fully saturated rings. The van der Waals surface area contributed by atoms with Gasteiger partial charge in [0, 0.05) is 43.3 Å². The van der Waals surface area contributed by atoms with E-state index in [0.717, 1.165) is 44.9 Å². The van der Waals surface area contributed by atoms with Crippen molar-refractivity contribution in [2.45, 2.75) is 26.2 Å². The number of nitrogens with one attached hydrogen (secondary N) is 2. The van der Waals surface area contributed by atoms with Crippen molar-refractivity contribution in [2.75, 3.05) is 33.8 Å². The molecule has 2 N–H and O–H groups in total. The Hall–Kier alpha value is -1.77. The van der Waals surface area contributed by atoms with Crippen LogP contribution in [-0.2, 0) is 16.0 Å². The van der Waals surface area contributed by atoms with Crippen LogP contribution in [0.15, 0.2) is 29.3 Å². The van der Waals surface area contributed by atoms with Gasteiger partial charge in [-0.3, -0.25) is 9.79 Å². The second-order valence-corrected chi connectivity index (χ2v) is 6.78. The third kappa shape index (κ3) is 4.94. The van der Waals surface area contributed by atoms with E-state index >= 15 is 0 Å². The number of aliphatic imine (C=N–C) groups is 1. The molecule has 0 saturated carbocycles. The fourth-order valence-corrected chi connectivity index (χ4v) is 3.78. The van der Waals surface area contributed by atoms with Crippen LogP contribution in [0.5, 0.6) is 0 Å². The lowest BCUT2D eigenvalue weighted by Crippen LogP contribution is -2.47. The zero-order valence-electron chi connectivity index (χ0n) is 16.2. The molecule has 1 aliphatic heterocycles. The topological polar surface area (TPSA) is 69.7 Å². The Bertz CT molecular complexity index is 794. The average molecular weight is 484 g/mol. The van der Waals surface area contributed by atoms with Gasteiger partial charge in [0.15, 0.2) is 5.96 Å². The second-order valence-electron chi connectivity index (χ2n) is 6.78. The lowest BCUT2D eigenvalue weighted by Gasteiger charge is -2.33. The molecule has 7 heteroatoms. The number of para-hydroxylation sites is 1. The Morgan fingerprint density at radius 2 is 2.04 bits per heavy atom. The van der Waals surface area contributed by atoms with Crippen LogP contribution in [0.1, 0.15) is 24.1 Å². The molecule has 3 rings (SSSR count). The van der Waals surface area contributed by atoms with Crippen LogP contribution in [0.3, 0.4) is 0 Å². The van der Waals surface area contributed by atoms with Crippen LogP contribution >= 0.6 is 24.0 Å². The summed E-state index contributed by atoms with van der Waals surface area (Å²) in [6.45, 7) is 4.60. The first kappa shape index (κ1) is 21.5. The minimum Gasteiger partial charge on any atom is -0.469 e. The van der Waals surface area contributed by atoms with E-state index in [1.807, 2.05) is 7.05 Å². The summed E-state index contributed by atoms with van der Waals surface area (Å²) in [6.07, 6.45) is 2.57. The van der Waals surface area contributed by atoms with Crippen molar-refractivity contribution < 1.29 is 9.53 Å². The summed E-state index contributed by atoms with van der Waals surface area (Å²) in [4.78, 5) is 21.8. The van der Waals surface area contributed by atoms with Gasteiger partial charge in [0.1, 0.15) is 0 Å². The van der Waals surface area contributed by atoms with Crippen molar-refractivity contribution in [2.24, 2.45) is 10.9 Å². The number of hydrogen-bond donors (Lipinski definition) is 2. The zero-order chi connectivity index (χ0) is 18.5. The molecule has 27 heavy (non-hydrogen) atoms. The number of hydrogen-bond acceptors (Lipinski definition) is 3. The molecular weight excluding hydrogens is 455 g/mol. The largest absolute Gasteiger partial charge is 0.469 e. The summed E-state index contributed by atoms with van der Waals surface area (Å²) >= 11 is 0. The molecular formula is C20H29IN4O2. The highest BCUT2D eigenvalue weighted by Gasteiger charge is 2.26. The molecule has 0 amide bonds. The number of likely N-dealkylation sites (tertiary alicyclic amines) is 1. The first-order valence-corrected chi connectivity index (χ1v) is 9.23. The lowest BCUT2D eigenvalue weighted by atomic mass is 9.97. The van der Waals surface area contributed by atoms with Crippen molar-refractivity contribution in [1.82, 2.24) is 15.2 Å². The van der Waals surface area contributed by atoms with Crippen molar-refractivity contribution in [3.63, 3.8) is 0 Å². The van der Waals surface area contributed by atoms with Gasteiger partial charge in [-0.1, -0.05) is 18.2 Å². The van der Waals surface area contributed by atoms with Crippen molar-refractivity contribution in [3.8, 4) is 0 Å². The summed E-state index contributed by atoms with van der Waals surface area (Å²) in [5, 5.41) is 4.77. The van der Waals surface area contributed by atoms with Crippen molar-refractivity contribution in [1.29, 1.82) is 0 Å². The standard InChI is InChI=1S/C20H28N4O2.HI/c1-14-16(17-6-4-5-7-18(17)23-14)8-11-22-20(21-2)24-12-9-15(10-13-24)19(25)26-3;/h4-7,15,23H,8-13H2,1-3H3,(H,21,22);1H. The third-order valence-electron chi connectivity index (χ3n) is 5.23. The molecule has 1 saturated heterocycles. The number of benzene rings is 1. The number of aromatic nitrogens is 1. The number of carbonyl (C=O) groups excluding carboxylic acids is 1. The maximum Gasteiger partial charge on any atom is 0.308 e. The van der Waals surface area contributed by atoms with E-state index in [-0.39, 0.29) is 35.9 Å². The normalized spacial score (nSPS) is 15.5. The van der Waals surface area contributed by atoms with Crippen molar-refractivity contribution in [3.05, 3.63) is 35.5 Å². The maximum absolute atomic E-state index is 11.7. The quantitative estimate of drug-likeness (QED) is 0.303. The number of aryl methyl sites for hydroxylation is 1. The Balaban J connectivity index is 0.00000261. The van der Waals surface area contributed by atoms with E-state index < -0.39 is 0 Å². The summed E-state index contributed by atoms with van der Waals surface area (Å²) in [5.74, 6) is 0.830. The predicted molar refractivity (Wildman–Crippen MR) is 120 cm³/mol. The van der Waals surface area contributed by atoms with E-state index in [1.165, 1.54) is 29.3 Å². The molecule has 1 aromatic carbocycles. The number of nitrogens with zero attached hydrogens (tertiary/aromatic N) is 2. The molecule has 6 nitrogen and oxygen atoms in total. The Labute approximate surface area is 177 Å². The second kappa shape index (κ2) is 9.96. The monoisotopic (exact) mass is 484 g/mol. The number of ether oxygens (including phenoxy) is 1. The average Bonchev–Trinajstić information content (AvgIpc) is 3.00. The van der Waals surface area contributed by atoms with Crippen LogP contribution < -0.4 is 5.32 Å². The van der Waals surface area contributed by atoms with Crippen LogP contribution in [0.25, 0.3) is 10.9 Å². The Morgan fingerprint density at radius 1 is 1.33 bits per heavy atom. The number of piperidine rings is 1. The van der Waals surface area contributed by atoms with Crippen LogP contribution in [0, 0.1) is 12.8 Å². The summed E-state index contributed by atoms with van der Waals surface area (Å²) in [7, 11) is 3.27. The van der Waals surface area contributed by atoms with Crippen LogP contribution in [0.4, 0.5) is 0 Å². The number of methoxy groups -OCH3 is 1. The third-order valence-corrected chi connectivity index (χ3v) is 5.23. The molecule has 0 atom stereocenters. The number of halogens is 1. The number of esters is 1. The fraction of sp³-hybridized carbons (Fsp3) is 0.500. The molecule has 2 heterocycles. The summed E-state index contributed by atoms with van der Waals surface area (Å²) in [5.41, 5.74) is 3.77. The van der Waals surface area contributed by atoms with Gasteiger partial charge in [-0.2, -0.15) is 0 Å². The molecule has 0 aliphatic carbocycles. The molecule has 148 valence electrons. The number of carbonyl (C=O) groups is 1. The fourth-order valence-electron chi connectivity index (χ4n) is 3.78. The maximum atomic E-state index is 11.7. The first-order valence-electron chi connectivity index (χ1n) is 9.23. The number of rotatable bonds is 4. The van der Waals surface area contributed by atoms with Gasteiger partial charge >= 0.3 is 5.97 Å². The van der Waals surface area contributed by atoms with Crippen LogP contribution in [-0.4, -0.2) is 55.6 Å². The van der Waals surface area contributed by atoms with E-state index in [0.29, 0.717) is 0 Å². The number of H-pyrrole nitrogens is 1. The van der Waals surface area contributed by atoms with Gasteiger partial charge in [0.25, 0.3) is 0 Å². The molecule has 0 radical (unpaired) electrons. The van der Waals surface area contributed by atoms with Gasteiger partial charge in [-0.25, -0.2) is 0 Å².